The first-order chi connectivity index (χ1) is 11.1. The molecule has 0 fully saturated rings. The number of hydrogen-bond donors (Lipinski definition) is 0. The largest absolute Gasteiger partial charge is 0.493 e. The normalized spacial score (nSPS) is 10.1. The molecule has 0 aliphatic rings. The van der Waals surface area contributed by atoms with Crippen molar-refractivity contribution >= 4 is 5.97 Å². The molecule has 23 heavy (non-hydrogen) atoms. The molecule has 0 saturated carbocycles. The van der Waals surface area contributed by atoms with E-state index in [1.54, 1.807) is 40.4 Å². The third kappa shape index (κ3) is 3.56. The zero-order valence-electron chi connectivity index (χ0n) is 13.7. The van der Waals surface area contributed by atoms with Crippen LogP contribution in [0.4, 0.5) is 0 Å². The standard InChI is InChI=1S/C18H20O5/c1-5-23-18(19)13-8-6-12(7-9-13)14-10-15(20-2)17(22-4)16(11-14)21-3/h6-11H,5H2,1-4H3. The summed E-state index contributed by atoms with van der Waals surface area (Å²) < 4.78 is 21.0. The molecule has 0 aliphatic heterocycles. The Hall–Kier alpha value is -2.69. The van der Waals surface area contributed by atoms with Gasteiger partial charge in [-0.15, -0.1) is 0 Å². The molecule has 0 saturated heterocycles. The molecule has 0 radical (unpaired) electrons. The molecule has 5 heteroatoms. The summed E-state index contributed by atoms with van der Waals surface area (Å²) in [6.45, 7) is 2.13. The molecule has 0 aromatic heterocycles. The van der Waals surface area contributed by atoms with Gasteiger partial charge in [0.15, 0.2) is 11.5 Å². The van der Waals surface area contributed by atoms with E-state index in [-0.39, 0.29) is 5.97 Å². The van der Waals surface area contributed by atoms with Gasteiger partial charge in [0.05, 0.1) is 33.5 Å². The molecule has 0 N–H and O–H groups in total. The Labute approximate surface area is 135 Å². The molecule has 0 spiro atoms. The highest BCUT2D eigenvalue weighted by atomic mass is 16.5. The molecule has 5 nitrogen and oxygen atoms in total. The Morgan fingerprint density at radius 1 is 0.870 bits per heavy atom. The quantitative estimate of drug-likeness (QED) is 0.763. The molecule has 0 amide bonds. The number of carbonyl (C=O) groups is 1. The van der Waals surface area contributed by atoms with Gasteiger partial charge in [-0.25, -0.2) is 4.79 Å². The maximum Gasteiger partial charge on any atom is 0.338 e. The van der Waals surface area contributed by atoms with Crippen LogP contribution in [0.3, 0.4) is 0 Å². The van der Waals surface area contributed by atoms with E-state index in [1.165, 1.54) is 0 Å². The first kappa shape index (κ1) is 16.7. The molecular formula is C18H20O5. The van der Waals surface area contributed by atoms with Crippen molar-refractivity contribution in [3.8, 4) is 28.4 Å². The van der Waals surface area contributed by atoms with E-state index in [0.717, 1.165) is 11.1 Å². The van der Waals surface area contributed by atoms with Gasteiger partial charge < -0.3 is 18.9 Å². The van der Waals surface area contributed by atoms with Gasteiger partial charge in [-0.05, 0) is 42.3 Å². The topological polar surface area (TPSA) is 54.0 Å². The van der Waals surface area contributed by atoms with Crippen molar-refractivity contribution in [3.63, 3.8) is 0 Å². The molecule has 2 aromatic carbocycles. The zero-order valence-corrected chi connectivity index (χ0v) is 13.7. The summed E-state index contributed by atoms with van der Waals surface area (Å²) >= 11 is 0. The Morgan fingerprint density at radius 2 is 1.43 bits per heavy atom. The molecule has 0 atom stereocenters. The second-order valence-electron chi connectivity index (χ2n) is 4.71. The SMILES string of the molecule is CCOC(=O)c1ccc(-c2cc(OC)c(OC)c(OC)c2)cc1. The van der Waals surface area contributed by atoms with Crippen LogP contribution < -0.4 is 14.2 Å². The van der Waals surface area contributed by atoms with Crippen LogP contribution in [0.15, 0.2) is 36.4 Å². The van der Waals surface area contributed by atoms with Gasteiger partial charge in [0.25, 0.3) is 0 Å². The van der Waals surface area contributed by atoms with Crippen LogP contribution in [-0.4, -0.2) is 33.9 Å². The highest BCUT2D eigenvalue weighted by Crippen LogP contribution is 2.41. The maximum absolute atomic E-state index is 11.7. The number of benzene rings is 2. The zero-order chi connectivity index (χ0) is 16.8. The van der Waals surface area contributed by atoms with Crippen molar-refractivity contribution < 1.29 is 23.7 Å². The predicted octanol–water partition coefficient (Wildman–Crippen LogP) is 3.56. The molecule has 2 aromatic rings. The maximum atomic E-state index is 11.7. The van der Waals surface area contributed by atoms with Crippen molar-refractivity contribution in [2.24, 2.45) is 0 Å². The van der Waals surface area contributed by atoms with Gasteiger partial charge in [0, 0.05) is 0 Å². The average Bonchev–Trinajstić information content (AvgIpc) is 2.60. The molecular weight excluding hydrogens is 296 g/mol. The van der Waals surface area contributed by atoms with Crippen LogP contribution >= 0.6 is 0 Å². The smallest absolute Gasteiger partial charge is 0.338 e. The number of methoxy groups -OCH3 is 3. The summed E-state index contributed by atoms with van der Waals surface area (Å²) in [7, 11) is 4.71. The van der Waals surface area contributed by atoms with Gasteiger partial charge in [-0.1, -0.05) is 12.1 Å². The van der Waals surface area contributed by atoms with Gasteiger partial charge >= 0.3 is 5.97 Å². The van der Waals surface area contributed by atoms with Crippen molar-refractivity contribution in [3.05, 3.63) is 42.0 Å². The van der Waals surface area contributed by atoms with Crippen molar-refractivity contribution in [1.29, 1.82) is 0 Å². The summed E-state index contributed by atoms with van der Waals surface area (Å²) in [6, 6.07) is 10.9. The van der Waals surface area contributed by atoms with E-state index in [0.29, 0.717) is 29.4 Å². The molecule has 2 rings (SSSR count). The first-order valence-electron chi connectivity index (χ1n) is 7.22. The summed E-state index contributed by atoms with van der Waals surface area (Å²) in [5.74, 6) is 1.37. The Balaban J connectivity index is 2.40. The Morgan fingerprint density at radius 3 is 1.87 bits per heavy atom. The van der Waals surface area contributed by atoms with Crippen molar-refractivity contribution in [2.75, 3.05) is 27.9 Å². The fraction of sp³-hybridized carbons (Fsp3) is 0.278. The van der Waals surface area contributed by atoms with Crippen LogP contribution in [0.25, 0.3) is 11.1 Å². The van der Waals surface area contributed by atoms with Crippen LogP contribution in [0, 0.1) is 0 Å². The van der Waals surface area contributed by atoms with Gasteiger partial charge in [0.2, 0.25) is 5.75 Å². The lowest BCUT2D eigenvalue weighted by molar-refractivity contribution is 0.0526. The lowest BCUT2D eigenvalue weighted by atomic mass is 10.0. The van der Waals surface area contributed by atoms with Crippen LogP contribution in [0.2, 0.25) is 0 Å². The van der Waals surface area contributed by atoms with Crippen molar-refractivity contribution in [2.45, 2.75) is 6.92 Å². The van der Waals surface area contributed by atoms with Gasteiger partial charge in [0.1, 0.15) is 0 Å². The Kier molecular flexibility index (Phi) is 5.46. The van der Waals surface area contributed by atoms with Crippen LogP contribution in [-0.2, 0) is 4.74 Å². The minimum atomic E-state index is -0.330. The van der Waals surface area contributed by atoms with Crippen LogP contribution in [0.5, 0.6) is 17.2 Å². The number of esters is 1. The molecule has 0 bridgehead atoms. The molecule has 0 unspecified atom stereocenters. The van der Waals surface area contributed by atoms with Gasteiger partial charge in [-0.3, -0.25) is 0 Å². The second kappa shape index (κ2) is 7.54. The van der Waals surface area contributed by atoms with E-state index in [1.807, 2.05) is 24.3 Å². The summed E-state index contributed by atoms with van der Waals surface area (Å²) in [4.78, 5) is 11.7. The number of rotatable bonds is 6. The number of hydrogen-bond acceptors (Lipinski definition) is 5. The fourth-order valence-electron chi connectivity index (χ4n) is 2.26. The minimum Gasteiger partial charge on any atom is -0.493 e. The third-order valence-corrected chi connectivity index (χ3v) is 3.39. The van der Waals surface area contributed by atoms with Gasteiger partial charge in [-0.2, -0.15) is 0 Å². The summed E-state index contributed by atoms with van der Waals surface area (Å²) in [5.41, 5.74) is 2.34. The lowest BCUT2D eigenvalue weighted by Gasteiger charge is -2.14. The number of carbonyl (C=O) groups excluding carboxylic acids is 1. The highest BCUT2D eigenvalue weighted by molar-refractivity contribution is 5.90. The lowest BCUT2D eigenvalue weighted by Crippen LogP contribution is -2.04. The fourth-order valence-corrected chi connectivity index (χ4v) is 2.26. The summed E-state index contributed by atoms with van der Waals surface area (Å²) in [5, 5.41) is 0. The minimum absolute atomic E-state index is 0.330. The molecule has 0 heterocycles. The molecule has 122 valence electrons. The predicted molar refractivity (Wildman–Crippen MR) is 87.5 cm³/mol. The van der Waals surface area contributed by atoms with E-state index in [4.69, 9.17) is 18.9 Å². The number of ether oxygens (including phenoxy) is 4. The third-order valence-electron chi connectivity index (χ3n) is 3.39. The van der Waals surface area contributed by atoms with E-state index < -0.39 is 0 Å². The second-order valence-corrected chi connectivity index (χ2v) is 4.71. The average molecular weight is 316 g/mol. The summed E-state index contributed by atoms with van der Waals surface area (Å²) in [6.07, 6.45) is 0. The molecule has 0 aliphatic carbocycles. The first-order valence-corrected chi connectivity index (χ1v) is 7.22. The van der Waals surface area contributed by atoms with Crippen LogP contribution in [0.1, 0.15) is 17.3 Å². The monoisotopic (exact) mass is 316 g/mol. The van der Waals surface area contributed by atoms with E-state index in [2.05, 4.69) is 0 Å². The van der Waals surface area contributed by atoms with E-state index >= 15 is 0 Å². The van der Waals surface area contributed by atoms with Crippen molar-refractivity contribution in [1.82, 2.24) is 0 Å². The Bertz CT molecular complexity index is 651. The van der Waals surface area contributed by atoms with E-state index in [9.17, 15) is 4.79 Å². The highest BCUT2D eigenvalue weighted by Gasteiger charge is 2.14.